The second kappa shape index (κ2) is 6.00. The minimum absolute atomic E-state index is 0.172. The van der Waals surface area contributed by atoms with Crippen molar-refractivity contribution in [1.82, 2.24) is 0 Å². The van der Waals surface area contributed by atoms with Gasteiger partial charge in [0.2, 0.25) is 0 Å². The zero-order valence-corrected chi connectivity index (χ0v) is 16.2. The van der Waals surface area contributed by atoms with Gasteiger partial charge in [-0.1, -0.05) is 75.5 Å². The molecule has 0 heterocycles. The molecule has 0 amide bonds. The molecule has 1 nitrogen and oxygen atoms in total. The van der Waals surface area contributed by atoms with Gasteiger partial charge in [0.25, 0.3) is 0 Å². The summed E-state index contributed by atoms with van der Waals surface area (Å²) in [6, 6.07) is 10.8. The van der Waals surface area contributed by atoms with Crippen LogP contribution in [0.5, 0.6) is 0 Å². The first-order chi connectivity index (χ1) is 9.02. The van der Waals surface area contributed by atoms with Crippen molar-refractivity contribution in [3.05, 3.63) is 43.0 Å². The molecule has 1 atom stereocenters. The maximum atomic E-state index is 6.65. The van der Waals surface area contributed by atoms with Crippen molar-refractivity contribution >= 4 is 21.6 Å². The molecule has 1 unspecified atom stereocenters. The van der Waals surface area contributed by atoms with Crippen LogP contribution in [-0.2, 0) is 4.43 Å². The average Bonchev–Trinajstić information content (AvgIpc) is 2.35. The molecule has 0 spiro atoms. The average molecular weight is 307 g/mol. The molecule has 0 aliphatic carbocycles. The third kappa shape index (κ3) is 3.71. The molecule has 0 fully saturated rings. The molecular weight excluding hydrogens is 276 g/mol. The second-order valence-corrected chi connectivity index (χ2v) is 17.0. The third-order valence-corrected chi connectivity index (χ3v) is 13.0. The van der Waals surface area contributed by atoms with Crippen LogP contribution in [0.15, 0.2) is 43.0 Å². The zero-order chi connectivity index (χ0) is 15.6. The molecule has 0 aromatic heterocycles. The van der Waals surface area contributed by atoms with Gasteiger partial charge in [0.1, 0.15) is 8.07 Å². The minimum atomic E-state index is -1.77. The quantitative estimate of drug-likeness (QED) is 0.565. The van der Waals surface area contributed by atoms with Crippen LogP contribution in [-0.4, -0.2) is 22.1 Å². The van der Waals surface area contributed by atoms with E-state index in [0.717, 1.165) is 0 Å². The van der Waals surface area contributed by atoms with E-state index in [1.165, 1.54) is 5.19 Å². The Morgan fingerprint density at radius 3 is 1.95 bits per heavy atom. The Kier molecular flexibility index (Phi) is 5.22. The highest BCUT2D eigenvalue weighted by Gasteiger charge is 2.43. The summed E-state index contributed by atoms with van der Waals surface area (Å²) in [5, 5.41) is 1.67. The molecule has 0 aliphatic heterocycles. The number of hydrogen-bond donors (Lipinski definition) is 0. The van der Waals surface area contributed by atoms with Crippen LogP contribution in [0.3, 0.4) is 0 Å². The molecule has 0 bridgehead atoms. The maximum Gasteiger partial charge on any atom is 0.192 e. The first-order valence-corrected chi connectivity index (χ1v) is 13.4. The van der Waals surface area contributed by atoms with E-state index in [4.69, 9.17) is 4.43 Å². The zero-order valence-electron chi connectivity index (χ0n) is 14.2. The summed E-state index contributed by atoms with van der Waals surface area (Å²) in [5.74, 6) is 0. The van der Waals surface area contributed by atoms with Crippen molar-refractivity contribution < 1.29 is 4.43 Å². The Morgan fingerprint density at radius 2 is 1.55 bits per heavy atom. The van der Waals surface area contributed by atoms with Crippen LogP contribution in [0.2, 0.25) is 31.2 Å². The Morgan fingerprint density at radius 1 is 1.05 bits per heavy atom. The summed E-state index contributed by atoms with van der Waals surface area (Å²) in [7, 11) is -3.47. The van der Waals surface area contributed by atoms with Crippen molar-refractivity contribution in [3.63, 3.8) is 0 Å². The summed E-state index contributed by atoms with van der Waals surface area (Å²) in [6.07, 6.45) is 2.03. The number of benzene rings is 1. The summed E-state index contributed by atoms with van der Waals surface area (Å²) >= 11 is 0. The van der Waals surface area contributed by atoms with Gasteiger partial charge in [0.05, 0.1) is 5.73 Å². The van der Waals surface area contributed by atoms with Gasteiger partial charge < -0.3 is 4.43 Å². The topological polar surface area (TPSA) is 9.23 Å². The van der Waals surface area contributed by atoms with Crippen molar-refractivity contribution in [2.45, 2.75) is 57.7 Å². The fourth-order valence-corrected chi connectivity index (χ4v) is 7.13. The molecule has 0 aliphatic rings. The SMILES string of the molecule is C=CC(O[Si](C)(C)C(C)(C)C)[Si](C)(C)c1ccccc1. The lowest BCUT2D eigenvalue weighted by Gasteiger charge is -2.42. The lowest BCUT2D eigenvalue weighted by molar-refractivity contribution is 0.286. The van der Waals surface area contributed by atoms with E-state index in [2.05, 4.69) is 83.9 Å². The van der Waals surface area contributed by atoms with Crippen LogP contribution < -0.4 is 5.19 Å². The van der Waals surface area contributed by atoms with Crippen LogP contribution in [0.1, 0.15) is 20.8 Å². The van der Waals surface area contributed by atoms with Gasteiger partial charge in [-0.2, -0.15) is 0 Å². The second-order valence-electron chi connectivity index (χ2n) is 7.62. The molecular formula is C17H30OSi2. The molecule has 3 heteroatoms. The van der Waals surface area contributed by atoms with E-state index < -0.39 is 16.4 Å². The van der Waals surface area contributed by atoms with Gasteiger partial charge in [0, 0.05) is 0 Å². The lowest BCUT2D eigenvalue weighted by atomic mass is 10.2. The monoisotopic (exact) mass is 306 g/mol. The van der Waals surface area contributed by atoms with Gasteiger partial charge in [-0.05, 0) is 18.1 Å². The Hall–Kier alpha value is -0.646. The van der Waals surface area contributed by atoms with Gasteiger partial charge in [-0.25, -0.2) is 0 Å². The molecule has 112 valence electrons. The van der Waals surface area contributed by atoms with E-state index in [9.17, 15) is 0 Å². The first kappa shape index (κ1) is 17.4. The molecule has 0 saturated carbocycles. The third-order valence-electron chi connectivity index (χ3n) is 4.67. The van der Waals surface area contributed by atoms with Crippen LogP contribution >= 0.6 is 0 Å². The summed E-state index contributed by atoms with van der Waals surface area (Å²) in [6.45, 7) is 20.3. The summed E-state index contributed by atoms with van der Waals surface area (Å²) in [4.78, 5) is 0. The molecule has 1 aromatic rings. The Bertz CT molecular complexity index is 444. The largest absolute Gasteiger partial charge is 0.413 e. The highest BCUT2D eigenvalue weighted by Crippen LogP contribution is 2.38. The van der Waals surface area contributed by atoms with E-state index in [1.54, 1.807) is 0 Å². The molecule has 1 rings (SSSR count). The van der Waals surface area contributed by atoms with Crippen molar-refractivity contribution in [2.24, 2.45) is 0 Å². The lowest BCUT2D eigenvalue weighted by Crippen LogP contribution is -2.57. The van der Waals surface area contributed by atoms with Crippen LogP contribution in [0.4, 0.5) is 0 Å². The molecule has 20 heavy (non-hydrogen) atoms. The normalized spacial score (nSPS) is 14.9. The van der Waals surface area contributed by atoms with Crippen LogP contribution in [0, 0.1) is 0 Å². The van der Waals surface area contributed by atoms with Crippen molar-refractivity contribution in [1.29, 1.82) is 0 Å². The Labute approximate surface area is 127 Å². The van der Waals surface area contributed by atoms with Gasteiger partial charge in [-0.15, -0.1) is 6.58 Å². The molecule has 0 radical (unpaired) electrons. The fourth-order valence-electron chi connectivity index (χ4n) is 2.02. The highest BCUT2D eigenvalue weighted by atomic mass is 28.4. The van der Waals surface area contributed by atoms with E-state index in [1.807, 2.05) is 6.08 Å². The molecule has 1 aromatic carbocycles. The summed E-state index contributed by atoms with van der Waals surface area (Å²) in [5.41, 5.74) is 0.172. The standard InChI is InChI=1S/C17H30OSi2/c1-9-16(18-20(7,8)17(2,3)4)19(5,6)15-13-11-10-12-14-15/h9-14,16H,1H2,2-8H3. The minimum Gasteiger partial charge on any atom is -0.413 e. The molecule has 0 saturated heterocycles. The van der Waals surface area contributed by atoms with Crippen molar-refractivity contribution in [3.8, 4) is 0 Å². The fraction of sp³-hybridized carbons (Fsp3) is 0.529. The number of hydrogen-bond acceptors (Lipinski definition) is 1. The molecule has 0 N–H and O–H groups in total. The highest BCUT2D eigenvalue weighted by molar-refractivity contribution is 6.92. The van der Waals surface area contributed by atoms with E-state index >= 15 is 0 Å². The van der Waals surface area contributed by atoms with E-state index in [0.29, 0.717) is 0 Å². The van der Waals surface area contributed by atoms with Crippen molar-refractivity contribution in [2.75, 3.05) is 0 Å². The van der Waals surface area contributed by atoms with Gasteiger partial charge >= 0.3 is 0 Å². The maximum absolute atomic E-state index is 6.65. The van der Waals surface area contributed by atoms with Crippen LogP contribution in [0.25, 0.3) is 0 Å². The van der Waals surface area contributed by atoms with Gasteiger partial charge in [-0.3, -0.25) is 0 Å². The van der Waals surface area contributed by atoms with Gasteiger partial charge in [0.15, 0.2) is 8.32 Å². The smallest absolute Gasteiger partial charge is 0.192 e. The Balaban J connectivity index is 3.05. The number of rotatable bonds is 5. The predicted molar refractivity (Wildman–Crippen MR) is 95.8 cm³/mol. The predicted octanol–water partition coefficient (Wildman–Crippen LogP) is 4.72. The first-order valence-electron chi connectivity index (χ1n) is 7.38. The van der Waals surface area contributed by atoms with E-state index in [-0.39, 0.29) is 10.8 Å². The summed E-state index contributed by atoms with van der Waals surface area (Å²) < 4.78 is 6.65.